The Morgan fingerprint density at radius 3 is 2.60 bits per heavy atom. The Labute approximate surface area is 90.3 Å². The lowest BCUT2D eigenvalue weighted by Gasteiger charge is -2.05. The molecule has 2 aromatic rings. The molecule has 15 heavy (non-hydrogen) atoms. The molecule has 1 nitrogen and oxygen atoms in total. The highest BCUT2D eigenvalue weighted by atomic mass is 16.5. The molecule has 0 fully saturated rings. The van der Waals surface area contributed by atoms with Gasteiger partial charge in [-0.15, -0.1) is 0 Å². The zero-order valence-electron chi connectivity index (χ0n) is 8.73. The summed E-state index contributed by atoms with van der Waals surface area (Å²) < 4.78 is 5.60. The molecule has 1 heteroatoms. The normalized spacial score (nSPS) is 9.93. The van der Waals surface area contributed by atoms with Crippen LogP contribution in [0.2, 0.25) is 0 Å². The highest BCUT2D eigenvalue weighted by Gasteiger charge is 1.94. The van der Waals surface area contributed by atoms with E-state index in [4.69, 9.17) is 4.74 Å². The molecule has 0 amide bonds. The molecule has 0 atom stereocenters. The smallest absolute Gasteiger partial charge is 0.120 e. The molecule has 0 bridgehead atoms. The van der Waals surface area contributed by atoms with Gasteiger partial charge >= 0.3 is 0 Å². The Kier molecular flexibility index (Phi) is 3.03. The minimum absolute atomic E-state index is 0.609. The molecule has 0 unspecified atom stereocenters. The van der Waals surface area contributed by atoms with E-state index in [2.05, 4.69) is 37.3 Å². The van der Waals surface area contributed by atoms with Crippen molar-refractivity contribution < 1.29 is 4.74 Å². The maximum Gasteiger partial charge on any atom is 0.120 e. The molecule has 0 spiro atoms. The van der Waals surface area contributed by atoms with Crippen LogP contribution < -0.4 is 4.74 Å². The van der Waals surface area contributed by atoms with Crippen LogP contribution >= 0.6 is 0 Å². The van der Waals surface area contributed by atoms with Crippen LogP contribution in [0.25, 0.3) is 0 Å². The van der Waals surface area contributed by atoms with E-state index in [1.165, 1.54) is 11.1 Å². The molecule has 2 rings (SSSR count). The Bertz CT molecular complexity index is 403. The third-order valence-corrected chi connectivity index (χ3v) is 2.20. The minimum Gasteiger partial charge on any atom is -0.489 e. The van der Waals surface area contributed by atoms with Gasteiger partial charge in [0.25, 0.3) is 0 Å². The molecular formula is C14H13O. The van der Waals surface area contributed by atoms with Crippen LogP contribution in [0, 0.1) is 13.0 Å². The lowest BCUT2D eigenvalue weighted by molar-refractivity contribution is 0.306. The predicted octanol–water partition coefficient (Wildman–Crippen LogP) is 3.37. The summed E-state index contributed by atoms with van der Waals surface area (Å²) in [5.74, 6) is 0.859. The summed E-state index contributed by atoms with van der Waals surface area (Å²) in [6, 6.07) is 18.9. The van der Waals surface area contributed by atoms with E-state index in [0.29, 0.717) is 6.61 Å². The molecule has 0 aliphatic rings. The quantitative estimate of drug-likeness (QED) is 0.733. The summed E-state index contributed by atoms with van der Waals surface area (Å²) in [5.41, 5.74) is 2.45. The zero-order valence-corrected chi connectivity index (χ0v) is 8.73. The molecule has 0 heterocycles. The van der Waals surface area contributed by atoms with Crippen LogP contribution in [-0.4, -0.2) is 0 Å². The van der Waals surface area contributed by atoms with E-state index < -0.39 is 0 Å². The second kappa shape index (κ2) is 4.65. The molecule has 0 N–H and O–H groups in total. The average Bonchev–Trinajstić information content (AvgIpc) is 2.30. The van der Waals surface area contributed by atoms with E-state index >= 15 is 0 Å². The first kappa shape index (κ1) is 9.78. The summed E-state index contributed by atoms with van der Waals surface area (Å²) in [6.45, 7) is 2.69. The van der Waals surface area contributed by atoms with Crippen molar-refractivity contribution in [2.45, 2.75) is 13.5 Å². The van der Waals surface area contributed by atoms with Gasteiger partial charge < -0.3 is 4.74 Å². The largest absolute Gasteiger partial charge is 0.489 e. The molecule has 1 radical (unpaired) electrons. The Morgan fingerprint density at radius 2 is 1.93 bits per heavy atom. The highest BCUT2D eigenvalue weighted by molar-refractivity contribution is 5.23. The van der Waals surface area contributed by atoms with Crippen molar-refractivity contribution in [3.8, 4) is 5.75 Å². The molecule has 0 aliphatic heterocycles. The van der Waals surface area contributed by atoms with Crippen molar-refractivity contribution in [2.75, 3.05) is 0 Å². The minimum atomic E-state index is 0.609. The maximum atomic E-state index is 5.60. The molecule has 0 saturated heterocycles. The van der Waals surface area contributed by atoms with Crippen LogP contribution in [0.5, 0.6) is 5.75 Å². The van der Waals surface area contributed by atoms with Gasteiger partial charge in [-0.1, -0.05) is 42.0 Å². The van der Waals surface area contributed by atoms with Crippen molar-refractivity contribution in [3.63, 3.8) is 0 Å². The van der Waals surface area contributed by atoms with Crippen LogP contribution in [0.1, 0.15) is 11.1 Å². The van der Waals surface area contributed by atoms with Crippen LogP contribution in [-0.2, 0) is 6.61 Å². The van der Waals surface area contributed by atoms with Gasteiger partial charge in [0.1, 0.15) is 12.4 Å². The van der Waals surface area contributed by atoms with Gasteiger partial charge in [-0.05, 0) is 30.7 Å². The monoisotopic (exact) mass is 197 g/mol. The Morgan fingerprint density at radius 1 is 1.13 bits per heavy atom. The van der Waals surface area contributed by atoms with E-state index in [-0.39, 0.29) is 0 Å². The third-order valence-electron chi connectivity index (χ3n) is 2.20. The van der Waals surface area contributed by atoms with E-state index in [1.807, 2.05) is 24.3 Å². The van der Waals surface area contributed by atoms with Crippen molar-refractivity contribution in [1.82, 2.24) is 0 Å². The first-order valence-electron chi connectivity index (χ1n) is 4.99. The Hall–Kier alpha value is -1.76. The maximum absolute atomic E-state index is 5.60. The topological polar surface area (TPSA) is 9.23 Å². The molecule has 0 aromatic heterocycles. The van der Waals surface area contributed by atoms with E-state index in [0.717, 1.165) is 5.75 Å². The van der Waals surface area contributed by atoms with Gasteiger partial charge in [-0.25, -0.2) is 0 Å². The molecule has 2 aromatic carbocycles. The fourth-order valence-electron chi connectivity index (χ4n) is 1.32. The lowest BCUT2D eigenvalue weighted by atomic mass is 10.2. The van der Waals surface area contributed by atoms with Crippen molar-refractivity contribution in [3.05, 3.63) is 65.7 Å². The van der Waals surface area contributed by atoms with Gasteiger partial charge in [0.15, 0.2) is 0 Å². The number of hydrogen-bond acceptors (Lipinski definition) is 1. The van der Waals surface area contributed by atoms with Crippen LogP contribution in [0.3, 0.4) is 0 Å². The number of hydrogen-bond donors (Lipinski definition) is 0. The fourth-order valence-corrected chi connectivity index (χ4v) is 1.32. The van der Waals surface area contributed by atoms with Gasteiger partial charge in [0.2, 0.25) is 0 Å². The highest BCUT2D eigenvalue weighted by Crippen LogP contribution is 2.11. The van der Waals surface area contributed by atoms with E-state index in [9.17, 15) is 0 Å². The standard InChI is InChI=1S/C14H13O/c1-12-7-9-13(10-8-12)11-15-14-5-3-2-4-6-14/h2-3,5-10H,11H2,1H3. The fraction of sp³-hybridized carbons (Fsp3) is 0.143. The predicted molar refractivity (Wildman–Crippen MR) is 60.8 cm³/mol. The molecular weight excluding hydrogens is 184 g/mol. The third kappa shape index (κ3) is 2.84. The van der Waals surface area contributed by atoms with Gasteiger partial charge in [-0.3, -0.25) is 0 Å². The SMILES string of the molecule is Cc1ccc(COc2c[c]ccc2)cc1. The number of aryl methyl sites for hydroxylation is 1. The van der Waals surface area contributed by atoms with Gasteiger partial charge in [-0.2, -0.15) is 0 Å². The van der Waals surface area contributed by atoms with Crippen molar-refractivity contribution in [2.24, 2.45) is 0 Å². The van der Waals surface area contributed by atoms with Crippen molar-refractivity contribution >= 4 is 0 Å². The summed E-state index contributed by atoms with van der Waals surface area (Å²) in [7, 11) is 0. The molecule has 0 aliphatic carbocycles. The van der Waals surface area contributed by atoms with Gasteiger partial charge in [0.05, 0.1) is 0 Å². The summed E-state index contributed by atoms with van der Waals surface area (Å²) in [6.07, 6.45) is 0. The van der Waals surface area contributed by atoms with Crippen LogP contribution in [0.4, 0.5) is 0 Å². The number of ether oxygens (including phenoxy) is 1. The zero-order chi connectivity index (χ0) is 10.5. The average molecular weight is 197 g/mol. The first-order chi connectivity index (χ1) is 7.34. The second-order valence-corrected chi connectivity index (χ2v) is 3.51. The summed E-state index contributed by atoms with van der Waals surface area (Å²) >= 11 is 0. The number of benzene rings is 2. The first-order valence-corrected chi connectivity index (χ1v) is 4.99. The van der Waals surface area contributed by atoms with Crippen LogP contribution in [0.15, 0.2) is 48.5 Å². The van der Waals surface area contributed by atoms with Crippen molar-refractivity contribution in [1.29, 1.82) is 0 Å². The van der Waals surface area contributed by atoms with E-state index in [1.54, 1.807) is 0 Å². The second-order valence-electron chi connectivity index (χ2n) is 3.51. The lowest BCUT2D eigenvalue weighted by Crippen LogP contribution is -1.94. The molecule has 0 saturated carbocycles. The Balaban J connectivity index is 1.96. The summed E-state index contributed by atoms with van der Waals surface area (Å²) in [4.78, 5) is 0. The van der Waals surface area contributed by atoms with Gasteiger partial charge in [0, 0.05) is 0 Å². The molecule has 75 valence electrons. The number of rotatable bonds is 3. The summed E-state index contributed by atoms with van der Waals surface area (Å²) in [5, 5.41) is 0.